The van der Waals surface area contributed by atoms with Crippen LogP contribution in [-0.2, 0) is 0 Å². The van der Waals surface area contributed by atoms with Crippen LogP contribution >= 0.6 is 0 Å². The molecule has 16 heavy (non-hydrogen) atoms. The van der Waals surface area contributed by atoms with Crippen molar-refractivity contribution in [3.63, 3.8) is 0 Å². The number of nitrogens with zero attached hydrogens (tertiary/aromatic N) is 3. The van der Waals surface area contributed by atoms with E-state index in [0.717, 1.165) is 0 Å². The summed E-state index contributed by atoms with van der Waals surface area (Å²) in [7, 11) is 0. The zero-order chi connectivity index (χ0) is 11.9. The number of hydrogen-bond acceptors (Lipinski definition) is 2. The van der Waals surface area contributed by atoms with Gasteiger partial charge in [0.05, 0.1) is 0 Å². The van der Waals surface area contributed by atoms with Crippen molar-refractivity contribution < 1.29 is 4.39 Å². The largest absolute Gasteiger partial charge is 0.239 e. The molecule has 0 N–H and O–H groups in total. The van der Waals surface area contributed by atoms with E-state index < -0.39 is 6.17 Å². The molecule has 0 aliphatic rings. The van der Waals surface area contributed by atoms with E-state index in [0.29, 0.717) is 11.6 Å². The normalized spacial score (nSPS) is 13.6. The van der Waals surface area contributed by atoms with Crippen LogP contribution in [0.5, 0.6) is 0 Å². The van der Waals surface area contributed by atoms with Gasteiger partial charge >= 0.3 is 0 Å². The Morgan fingerprint density at radius 1 is 1.31 bits per heavy atom. The summed E-state index contributed by atoms with van der Waals surface area (Å²) >= 11 is 0. The number of fused-ring (bicyclic) bond motifs is 1. The molecule has 86 valence electrons. The number of aromatic nitrogens is 3. The minimum Gasteiger partial charge on any atom is -0.239 e. The lowest BCUT2D eigenvalue weighted by Gasteiger charge is -2.08. The van der Waals surface area contributed by atoms with Crippen molar-refractivity contribution >= 4 is 5.65 Å². The molecule has 0 fully saturated rings. The quantitative estimate of drug-likeness (QED) is 0.779. The molecule has 1 atom stereocenters. The van der Waals surface area contributed by atoms with E-state index in [4.69, 9.17) is 0 Å². The second-order valence-electron chi connectivity index (χ2n) is 4.46. The molecule has 4 heteroatoms. The number of pyridine rings is 1. The van der Waals surface area contributed by atoms with Gasteiger partial charge in [-0.1, -0.05) is 13.8 Å². The van der Waals surface area contributed by atoms with Crippen LogP contribution in [0.2, 0.25) is 0 Å². The standard InChI is InChI=1S/C12H16FN3/c1-7(2)10-6-16-11(5-8(10)3)14-12(15-16)9(4)13/h5-7,9H,1-4H3. The van der Waals surface area contributed by atoms with E-state index >= 15 is 0 Å². The van der Waals surface area contributed by atoms with Gasteiger partial charge < -0.3 is 0 Å². The Labute approximate surface area is 94.3 Å². The predicted octanol–water partition coefficient (Wildman–Crippen LogP) is 3.19. The highest BCUT2D eigenvalue weighted by Gasteiger charge is 2.12. The average Bonchev–Trinajstić information content (AvgIpc) is 2.58. The molecule has 0 aliphatic carbocycles. The molecule has 2 aromatic heterocycles. The smallest absolute Gasteiger partial charge is 0.185 e. The van der Waals surface area contributed by atoms with Crippen molar-refractivity contribution in [2.45, 2.75) is 39.8 Å². The highest BCUT2D eigenvalue weighted by atomic mass is 19.1. The second-order valence-corrected chi connectivity index (χ2v) is 4.46. The Morgan fingerprint density at radius 2 is 2.00 bits per heavy atom. The first kappa shape index (κ1) is 11.0. The van der Waals surface area contributed by atoms with Gasteiger partial charge in [-0.3, -0.25) is 0 Å². The number of halogens is 1. The van der Waals surface area contributed by atoms with Crippen LogP contribution in [0.1, 0.15) is 49.8 Å². The first-order valence-corrected chi connectivity index (χ1v) is 5.50. The third-order valence-electron chi connectivity index (χ3n) is 2.71. The third kappa shape index (κ3) is 1.79. The fourth-order valence-corrected chi connectivity index (χ4v) is 1.83. The molecule has 2 heterocycles. The van der Waals surface area contributed by atoms with Crippen LogP contribution in [0.15, 0.2) is 12.3 Å². The van der Waals surface area contributed by atoms with Crippen LogP contribution in [-0.4, -0.2) is 14.6 Å². The van der Waals surface area contributed by atoms with Gasteiger partial charge in [-0.2, -0.15) is 0 Å². The molecule has 0 bridgehead atoms. The monoisotopic (exact) mass is 221 g/mol. The fraction of sp³-hybridized carbons (Fsp3) is 0.500. The molecule has 0 radical (unpaired) electrons. The molecule has 0 saturated heterocycles. The Kier molecular flexibility index (Phi) is 2.66. The molecule has 0 spiro atoms. The van der Waals surface area contributed by atoms with Gasteiger partial charge in [-0.15, -0.1) is 5.10 Å². The average molecular weight is 221 g/mol. The summed E-state index contributed by atoms with van der Waals surface area (Å²) in [6.45, 7) is 7.75. The minimum atomic E-state index is -1.12. The van der Waals surface area contributed by atoms with Gasteiger partial charge in [-0.25, -0.2) is 13.9 Å². The van der Waals surface area contributed by atoms with E-state index in [1.165, 1.54) is 18.1 Å². The Balaban J connectivity index is 2.61. The summed E-state index contributed by atoms with van der Waals surface area (Å²) in [5.74, 6) is 0.681. The highest BCUT2D eigenvalue weighted by molar-refractivity contribution is 5.44. The third-order valence-corrected chi connectivity index (χ3v) is 2.71. The molecular weight excluding hydrogens is 205 g/mol. The topological polar surface area (TPSA) is 30.2 Å². The molecule has 3 nitrogen and oxygen atoms in total. The molecule has 2 rings (SSSR count). The first-order valence-electron chi connectivity index (χ1n) is 5.50. The van der Waals surface area contributed by atoms with Crippen LogP contribution in [0.25, 0.3) is 5.65 Å². The van der Waals surface area contributed by atoms with Crippen LogP contribution < -0.4 is 0 Å². The van der Waals surface area contributed by atoms with Crippen molar-refractivity contribution in [2.24, 2.45) is 0 Å². The second kappa shape index (κ2) is 3.85. The van der Waals surface area contributed by atoms with E-state index in [9.17, 15) is 4.39 Å². The van der Waals surface area contributed by atoms with Gasteiger partial charge in [0.2, 0.25) is 0 Å². The Hall–Kier alpha value is -1.45. The lowest BCUT2D eigenvalue weighted by Crippen LogP contribution is -1.97. The van der Waals surface area contributed by atoms with Gasteiger partial charge in [0.15, 0.2) is 17.6 Å². The molecule has 0 aliphatic heterocycles. The highest BCUT2D eigenvalue weighted by Crippen LogP contribution is 2.21. The van der Waals surface area contributed by atoms with Crippen molar-refractivity contribution in [3.8, 4) is 0 Å². The van der Waals surface area contributed by atoms with E-state index in [-0.39, 0.29) is 5.82 Å². The number of hydrogen-bond donors (Lipinski definition) is 0. The van der Waals surface area contributed by atoms with Gasteiger partial charge in [0.25, 0.3) is 0 Å². The maximum absolute atomic E-state index is 13.1. The maximum atomic E-state index is 13.1. The van der Waals surface area contributed by atoms with Gasteiger partial charge in [-0.05, 0) is 37.0 Å². The Bertz CT molecular complexity index is 514. The number of rotatable bonds is 2. The van der Waals surface area contributed by atoms with Crippen LogP contribution in [0.3, 0.4) is 0 Å². The van der Waals surface area contributed by atoms with Crippen LogP contribution in [0, 0.1) is 6.92 Å². The lowest BCUT2D eigenvalue weighted by atomic mass is 10.0. The minimum absolute atomic E-state index is 0.250. The molecule has 2 aromatic rings. The molecular formula is C12H16FN3. The summed E-state index contributed by atoms with van der Waals surface area (Å²) in [6.07, 6.45) is 0.816. The van der Waals surface area contributed by atoms with E-state index in [1.807, 2.05) is 19.2 Å². The fourth-order valence-electron chi connectivity index (χ4n) is 1.83. The predicted molar refractivity (Wildman–Crippen MR) is 61.3 cm³/mol. The van der Waals surface area contributed by atoms with Crippen molar-refractivity contribution in [3.05, 3.63) is 29.2 Å². The van der Waals surface area contributed by atoms with Crippen molar-refractivity contribution in [1.82, 2.24) is 14.6 Å². The van der Waals surface area contributed by atoms with Crippen molar-refractivity contribution in [2.75, 3.05) is 0 Å². The van der Waals surface area contributed by atoms with Crippen molar-refractivity contribution in [1.29, 1.82) is 0 Å². The lowest BCUT2D eigenvalue weighted by molar-refractivity contribution is 0.357. The zero-order valence-corrected chi connectivity index (χ0v) is 10.0. The van der Waals surface area contributed by atoms with Gasteiger partial charge in [0, 0.05) is 6.20 Å². The number of aryl methyl sites for hydroxylation is 1. The van der Waals surface area contributed by atoms with E-state index in [1.54, 1.807) is 4.52 Å². The molecule has 1 unspecified atom stereocenters. The van der Waals surface area contributed by atoms with Crippen LogP contribution in [0.4, 0.5) is 4.39 Å². The summed E-state index contributed by atoms with van der Waals surface area (Å²) in [6, 6.07) is 1.95. The van der Waals surface area contributed by atoms with Gasteiger partial charge in [0.1, 0.15) is 0 Å². The summed E-state index contributed by atoms with van der Waals surface area (Å²) in [4.78, 5) is 4.15. The first-order chi connectivity index (χ1) is 7.49. The zero-order valence-electron chi connectivity index (χ0n) is 10.0. The molecule has 0 aromatic carbocycles. The molecule has 0 saturated carbocycles. The van der Waals surface area contributed by atoms with E-state index in [2.05, 4.69) is 23.9 Å². The summed E-state index contributed by atoms with van der Waals surface area (Å²) in [5.41, 5.74) is 3.10. The Morgan fingerprint density at radius 3 is 2.56 bits per heavy atom. The SMILES string of the molecule is Cc1cc2nc(C(C)F)nn2cc1C(C)C. The summed E-state index contributed by atoms with van der Waals surface area (Å²) < 4.78 is 14.8. The maximum Gasteiger partial charge on any atom is 0.185 e. The number of alkyl halides is 1. The molecule has 0 amide bonds. The summed E-state index contributed by atoms with van der Waals surface area (Å²) in [5, 5.41) is 4.13.